The van der Waals surface area contributed by atoms with Gasteiger partial charge in [-0.3, -0.25) is 4.79 Å². The van der Waals surface area contributed by atoms with Crippen LogP contribution < -0.4 is 11.5 Å². The highest BCUT2D eigenvalue weighted by molar-refractivity contribution is 6.01. The highest BCUT2D eigenvalue weighted by Crippen LogP contribution is 2.22. The summed E-state index contributed by atoms with van der Waals surface area (Å²) < 4.78 is 18.1. The van der Waals surface area contributed by atoms with Gasteiger partial charge in [0, 0.05) is 5.56 Å². The number of carbonyl (C=O) groups is 1. The van der Waals surface area contributed by atoms with Crippen LogP contribution in [0, 0.1) is 12.7 Å². The number of oxazole rings is 1. The summed E-state index contributed by atoms with van der Waals surface area (Å²) in [7, 11) is 0. The highest BCUT2D eigenvalue weighted by Gasteiger charge is 2.17. The average molecular weight is 262 g/mol. The maximum absolute atomic E-state index is 12.8. The Hall–Kier alpha value is -2.70. The predicted molar refractivity (Wildman–Crippen MR) is 66.8 cm³/mol. The second-order valence-electron chi connectivity index (χ2n) is 3.77. The Balaban J connectivity index is 2.38. The number of hydrogen-bond acceptors (Lipinski definition) is 3. The lowest BCUT2D eigenvalue weighted by molar-refractivity contribution is 0.0997. The zero-order valence-corrected chi connectivity index (χ0v) is 10.1. The molecule has 0 saturated carbocycles. The molecule has 0 unspecified atom stereocenters. The molecule has 1 amide bonds. The Morgan fingerprint density at radius 2 is 1.95 bits per heavy atom. The topological polar surface area (TPSA) is 108 Å². The maximum atomic E-state index is 12.8. The van der Waals surface area contributed by atoms with Crippen LogP contribution in [0.3, 0.4) is 0 Å². The van der Waals surface area contributed by atoms with Crippen molar-refractivity contribution in [2.24, 2.45) is 16.5 Å². The van der Waals surface area contributed by atoms with E-state index in [0.29, 0.717) is 5.56 Å². The van der Waals surface area contributed by atoms with E-state index in [4.69, 9.17) is 15.9 Å². The number of nitrogens with zero attached hydrogens (tertiary/aromatic N) is 2. The summed E-state index contributed by atoms with van der Waals surface area (Å²) in [6, 6.07) is 5.53. The molecule has 7 heteroatoms. The van der Waals surface area contributed by atoms with Gasteiger partial charge in [0.05, 0.1) is 0 Å². The van der Waals surface area contributed by atoms with E-state index >= 15 is 0 Å². The normalized spacial score (nSPS) is 10.2. The monoisotopic (exact) mass is 262 g/mol. The molecular weight excluding hydrogens is 251 g/mol. The van der Waals surface area contributed by atoms with Gasteiger partial charge >= 0.3 is 5.91 Å². The number of benzene rings is 1. The molecule has 1 heterocycles. The largest absolute Gasteiger partial charge is 0.441 e. The van der Waals surface area contributed by atoms with Crippen LogP contribution in [-0.4, -0.2) is 16.9 Å². The van der Waals surface area contributed by atoms with Crippen molar-refractivity contribution in [2.45, 2.75) is 6.92 Å². The van der Waals surface area contributed by atoms with Gasteiger partial charge in [-0.05, 0) is 31.2 Å². The van der Waals surface area contributed by atoms with E-state index in [1.165, 1.54) is 24.3 Å². The van der Waals surface area contributed by atoms with Crippen molar-refractivity contribution < 1.29 is 13.6 Å². The number of halogens is 1. The first-order valence-corrected chi connectivity index (χ1v) is 5.34. The second-order valence-corrected chi connectivity index (χ2v) is 3.77. The predicted octanol–water partition coefficient (Wildman–Crippen LogP) is 1.20. The Morgan fingerprint density at radius 1 is 1.32 bits per heavy atom. The van der Waals surface area contributed by atoms with E-state index in [-0.39, 0.29) is 29.1 Å². The third kappa shape index (κ3) is 2.76. The Kier molecular flexibility index (Phi) is 3.28. The molecule has 6 nitrogen and oxygen atoms in total. The van der Waals surface area contributed by atoms with Crippen molar-refractivity contribution >= 4 is 11.9 Å². The van der Waals surface area contributed by atoms with Gasteiger partial charge in [-0.15, -0.1) is 0 Å². The molecule has 0 radical (unpaired) electrons. The van der Waals surface area contributed by atoms with Crippen molar-refractivity contribution in [1.29, 1.82) is 0 Å². The first-order chi connectivity index (χ1) is 8.97. The number of aromatic nitrogens is 1. The number of aliphatic imine (C=N–C) groups is 1. The van der Waals surface area contributed by atoms with Crippen molar-refractivity contribution in [1.82, 2.24) is 4.98 Å². The fraction of sp³-hybridized carbons (Fsp3) is 0.0833. The molecule has 19 heavy (non-hydrogen) atoms. The standard InChI is InChI=1S/C12H11FN4O2/c1-6-9(10(18)17-12(14)15)16-11(19-6)7-2-4-8(13)5-3-7/h2-5H,1H3,(H4,14,15,17,18). The molecule has 0 aliphatic rings. The molecule has 0 aliphatic heterocycles. The van der Waals surface area contributed by atoms with E-state index in [2.05, 4.69) is 9.98 Å². The smallest absolute Gasteiger partial charge is 0.302 e. The molecule has 2 rings (SSSR count). The molecular formula is C12H11FN4O2. The van der Waals surface area contributed by atoms with Crippen LogP contribution in [0.2, 0.25) is 0 Å². The molecule has 0 fully saturated rings. The van der Waals surface area contributed by atoms with Crippen LogP contribution in [0.15, 0.2) is 33.7 Å². The quantitative estimate of drug-likeness (QED) is 0.624. The maximum Gasteiger partial charge on any atom is 0.302 e. The minimum Gasteiger partial charge on any atom is -0.441 e. The zero-order valence-electron chi connectivity index (χ0n) is 10.1. The van der Waals surface area contributed by atoms with Crippen LogP contribution in [0.5, 0.6) is 0 Å². The van der Waals surface area contributed by atoms with Crippen molar-refractivity contribution in [3.63, 3.8) is 0 Å². The fourth-order valence-corrected chi connectivity index (χ4v) is 1.48. The Bertz CT molecular complexity index is 642. The fourth-order valence-electron chi connectivity index (χ4n) is 1.48. The number of hydrogen-bond donors (Lipinski definition) is 2. The van der Waals surface area contributed by atoms with Gasteiger partial charge in [-0.2, -0.15) is 4.99 Å². The van der Waals surface area contributed by atoms with E-state index in [1.807, 2.05) is 0 Å². The Morgan fingerprint density at radius 3 is 2.53 bits per heavy atom. The van der Waals surface area contributed by atoms with Crippen LogP contribution >= 0.6 is 0 Å². The van der Waals surface area contributed by atoms with Gasteiger partial charge in [-0.25, -0.2) is 9.37 Å². The van der Waals surface area contributed by atoms with Crippen LogP contribution in [0.25, 0.3) is 11.5 Å². The SMILES string of the molecule is Cc1oc(-c2ccc(F)cc2)nc1C(=O)N=C(N)N. The molecule has 0 atom stereocenters. The van der Waals surface area contributed by atoms with Crippen LogP contribution in [0.4, 0.5) is 4.39 Å². The van der Waals surface area contributed by atoms with Crippen molar-refractivity contribution in [3.8, 4) is 11.5 Å². The number of nitrogens with two attached hydrogens (primary N) is 2. The minimum atomic E-state index is -0.686. The lowest BCUT2D eigenvalue weighted by Gasteiger charge is -1.93. The Labute approximate surface area is 107 Å². The zero-order chi connectivity index (χ0) is 14.0. The average Bonchev–Trinajstić information content (AvgIpc) is 2.71. The molecule has 0 bridgehead atoms. The van der Waals surface area contributed by atoms with Crippen LogP contribution in [-0.2, 0) is 0 Å². The molecule has 2 aromatic rings. The van der Waals surface area contributed by atoms with Crippen LogP contribution in [0.1, 0.15) is 16.2 Å². The second kappa shape index (κ2) is 4.89. The van der Waals surface area contributed by atoms with E-state index < -0.39 is 5.91 Å². The number of rotatable bonds is 2. The van der Waals surface area contributed by atoms with Crippen molar-refractivity contribution in [2.75, 3.05) is 0 Å². The summed E-state index contributed by atoms with van der Waals surface area (Å²) in [5.41, 5.74) is 10.8. The molecule has 0 aliphatic carbocycles. The summed E-state index contributed by atoms with van der Waals surface area (Å²) in [6.45, 7) is 1.56. The van der Waals surface area contributed by atoms with Crippen molar-refractivity contribution in [3.05, 3.63) is 41.5 Å². The van der Waals surface area contributed by atoms with Gasteiger partial charge in [0.25, 0.3) is 0 Å². The summed E-state index contributed by atoms with van der Waals surface area (Å²) in [5, 5.41) is 0. The molecule has 0 saturated heterocycles. The number of carbonyl (C=O) groups excluding carboxylic acids is 1. The van der Waals surface area contributed by atoms with Gasteiger partial charge in [0.15, 0.2) is 11.7 Å². The van der Waals surface area contributed by atoms with E-state index in [9.17, 15) is 9.18 Å². The minimum absolute atomic E-state index is 0.0210. The lowest BCUT2D eigenvalue weighted by Crippen LogP contribution is -2.24. The summed E-state index contributed by atoms with van der Waals surface area (Å²) in [4.78, 5) is 19.0. The first kappa shape index (κ1) is 12.7. The van der Waals surface area contributed by atoms with Gasteiger partial charge in [-0.1, -0.05) is 0 Å². The third-order valence-electron chi connectivity index (χ3n) is 2.32. The molecule has 1 aromatic heterocycles. The third-order valence-corrected chi connectivity index (χ3v) is 2.32. The molecule has 4 N–H and O–H groups in total. The van der Waals surface area contributed by atoms with E-state index in [1.54, 1.807) is 6.92 Å². The molecule has 1 aromatic carbocycles. The summed E-state index contributed by atoms with van der Waals surface area (Å²) >= 11 is 0. The molecule has 98 valence electrons. The van der Waals surface area contributed by atoms with Gasteiger partial charge in [0.2, 0.25) is 5.89 Å². The summed E-state index contributed by atoms with van der Waals surface area (Å²) in [5.74, 6) is -0.921. The van der Waals surface area contributed by atoms with E-state index in [0.717, 1.165) is 0 Å². The molecule has 0 spiro atoms. The van der Waals surface area contributed by atoms with Gasteiger partial charge < -0.3 is 15.9 Å². The first-order valence-electron chi connectivity index (χ1n) is 5.34. The number of amides is 1. The lowest BCUT2D eigenvalue weighted by atomic mass is 10.2. The number of aryl methyl sites for hydroxylation is 1. The van der Waals surface area contributed by atoms with Gasteiger partial charge in [0.1, 0.15) is 11.6 Å². The number of guanidine groups is 1. The summed E-state index contributed by atoms with van der Waals surface area (Å²) in [6.07, 6.45) is 0. The highest BCUT2D eigenvalue weighted by atomic mass is 19.1.